The van der Waals surface area contributed by atoms with E-state index in [0.717, 1.165) is 16.9 Å². The van der Waals surface area contributed by atoms with Gasteiger partial charge in [0.15, 0.2) is 0 Å². The summed E-state index contributed by atoms with van der Waals surface area (Å²) in [5.74, 6) is 0.0159. The third kappa shape index (κ3) is 2.97. The van der Waals surface area contributed by atoms with Crippen molar-refractivity contribution in [2.24, 2.45) is 0 Å². The number of amides is 1. The molecule has 3 aromatic rings. The number of thioether (sulfide) groups is 1. The van der Waals surface area contributed by atoms with Crippen LogP contribution in [0.4, 0.5) is 11.4 Å². The molecule has 26 heavy (non-hydrogen) atoms. The number of rotatable bonds is 3. The zero-order valence-corrected chi connectivity index (χ0v) is 15.6. The van der Waals surface area contributed by atoms with Gasteiger partial charge in [0.1, 0.15) is 6.17 Å². The summed E-state index contributed by atoms with van der Waals surface area (Å²) in [6, 6.07) is 24.2. The van der Waals surface area contributed by atoms with Gasteiger partial charge in [-0.25, -0.2) is 0 Å². The van der Waals surface area contributed by atoms with Crippen molar-refractivity contribution >= 4 is 29.0 Å². The van der Waals surface area contributed by atoms with E-state index >= 15 is 0 Å². The van der Waals surface area contributed by atoms with Gasteiger partial charge in [0, 0.05) is 16.3 Å². The fourth-order valence-electron chi connectivity index (χ4n) is 3.24. The molecule has 130 valence electrons. The number of nitrogens with zero attached hydrogens (tertiary/aromatic N) is 1. The number of anilines is 2. The molecular weight excluding hydrogens is 340 g/mol. The molecule has 0 bridgehead atoms. The van der Waals surface area contributed by atoms with Gasteiger partial charge in [-0.2, -0.15) is 0 Å². The Hall–Kier alpha value is -2.72. The number of aryl methyl sites for hydroxylation is 1. The van der Waals surface area contributed by atoms with Crippen molar-refractivity contribution in [3.8, 4) is 0 Å². The molecule has 3 aromatic carbocycles. The normalized spacial score (nSPS) is 16.2. The summed E-state index contributed by atoms with van der Waals surface area (Å²) in [6.07, 6.45) is 1.82. The molecule has 1 N–H and O–H groups in total. The Labute approximate surface area is 158 Å². The minimum atomic E-state index is -0.240. The molecule has 1 amide bonds. The Balaban J connectivity index is 1.82. The van der Waals surface area contributed by atoms with Crippen LogP contribution in [-0.2, 0) is 0 Å². The number of para-hydroxylation sites is 1. The highest BCUT2D eigenvalue weighted by atomic mass is 32.2. The van der Waals surface area contributed by atoms with Crippen LogP contribution in [0.1, 0.15) is 27.7 Å². The summed E-state index contributed by atoms with van der Waals surface area (Å²) in [6.45, 7) is 2.05. The third-order valence-corrected chi connectivity index (χ3v) is 5.41. The number of carbonyl (C=O) groups excluding carboxylic acids is 1. The van der Waals surface area contributed by atoms with E-state index in [2.05, 4.69) is 35.8 Å². The van der Waals surface area contributed by atoms with E-state index in [1.807, 2.05) is 60.4 Å². The number of nitrogens with one attached hydrogen (secondary N) is 1. The maximum absolute atomic E-state index is 13.3. The van der Waals surface area contributed by atoms with Crippen molar-refractivity contribution in [3.05, 3.63) is 89.5 Å². The van der Waals surface area contributed by atoms with Crippen LogP contribution in [0.2, 0.25) is 0 Å². The van der Waals surface area contributed by atoms with Crippen molar-refractivity contribution in [2.75, 3.05) is 16.5 Å². The standard InChI is InChI=1S/C22H20N2OS/c1-15-7-11-17(12-8-15)24-21(16-9-13-18(26-2)14-10-16)23-20-6-4-3-5-19(20)22(24)25/h3-14,21,23H,1-2H3. The number of carbonyl (C=O) groups is 1. The molecule has 4 rings (SSSR count). The highest BCUT2D eigenvalue weighted by Crippen LogP contribution is 2.37. The molecule has 3 nitrogen and oxygen atoms in total. The second-order valence-corrected chi connectivity index (χ2v) is 7.26. The monoisotopic (exact) mass is 360 g/mol. The van der Waals surface area contributed by atoms with Gasteiger partial charge >= 0.3 is 0 Å². The van der Waals surface area contributed by atoms with Crippen LogP contribution in [0.25, 0.3) is 0 Å². The van der Waals surface area contributed by atoms with E-state index in [1.165, 1.54) is 10.5 Å². The molecule has 1 heterocycles. The molecule has 1 atom stereocenters. The predicted molar refractivity (Wildman–Crippen MR) is 109 cm³/mol. The Morgan fingerprint density at radius 3 is 2.31 bits per heavy atom. The lowest BCUT2D eigenvalue weighted by Gasteiger charge is -2.38. The topological polar surface area (TPSA) is 32.3 Å². The van der Waals surface area contributed by atoms with E-state index in [4.69, 9.17) is 0 Å². The fourth-order valence-corrected chi connectivity index (χ4v) is 3.65. The van der Waals surface area contributed by atoms with Gasteiger partial charge in [-0.1, -0.05) is 42.0 Å². The van der Waals surface area contributed by atoms with E-state index in [0.29, 0.717) is 5.56 Å². The van der Waals surface area contributed by atoms with Gasteiger partial charge in [0.05, 0.1) is 5.56 Å². The van der Waals surface area contributed by atoms with Crippen molar-refractivity contribution in [1.82, 2.24) is 0 Å². The summed E-state index contributed by atoms with van der Waals surface area (Å²) < 4.78 is 0. The molecule has 4 heteroatoms. The van der Waals surface area contributed by atoms with Crippen LogP contribution in [0.15, 0.2) is 77.7 Å². The molecule has 0 aliphatic carbocycles. The fraction of sp³-hybridized carbons (Fsp3) is 0.136. The van der Waals surface area contributed by atoms with E-state index < -0.39 is 0 Å². The molecule has 0 saturated heterocycles. The highest BCUT2D eigenvalue weighted by molar-refractivity contribution is 7.98. The van der Waals surface area contributed by atoms with Gasteiger partial charge < -0.3 is 5.32 Å². The van der Waals surface area contributed by atoms with Gasteiger partial charge in [-0.15, -0.1) is 11.8 Å². The molecular formula is C22H20N2OS. The molecule has 1 aliphatic heterocycles. The molecule has 0 spiro atoms. The molecule has 1 unspecified atom stereocenters. The minimum absolute atomic E-state index is 0.0159. The zero-order valence-electron chi connectivity index (χ0n) is 14.8. The Morgan fingerprint density at radius 1 is 0.923 bits per heavy atom. The molecule has 0 radical (unpaired) electrons. The Bertz CT molecular complexity index is 935. The van der Waals surface area contributed by atoms with Crippen molar-refractivity contribution in [2.45, 2.75) is 18.0 Å². The van der Waals surface area contributed by atoms with Crippen molar-refractivity contribution < 1.29 is 4.79 Å². The van der Waals surface area contributed by atoms with Crippen molar-refractivity contribution in [3.63, 3.8) is 0 Å². The van der Waals surface area contributed by atoms with Crippen LogP contribution in [0.5, 0.6) is 0 Å². The summed E-state index contributed by atoms with van der Waals surface area (Å²) in [4.78, 5) is 16.3. The van der Waals surface area contributed by atoms with Gasteiger partial charge in [-0.05, 0) is 55.1 Å². The number of hydrogen-bond acceptors (Lipinski definition) is 3. The maximum Gasteiger partial charge on any atom is 0.262 e. The first-order valence-electron chi connectivity index (χ1n) is 8.57. The Morgan fingerprint density at radius 2 is 1.62 bits per heavy atom. The van der Waals surface area contributed by atoms with Crippen LogP contribution in [0, 0.1) is 6.92 Å². The molecule has 0 aromatic heterocycles. The largest absolute Gasteiger partial charge is 0.360 e. The molecule has 0 saturated carbocycles. The first-order valence-corrected chi connectivity index (χ1v) is 9.79. The average Bonchev–Trinajstić information content (AvgIpc) is 2.69. The zero-order chi connectivity index (χ0) is 18.1. The number of benzene rings is 3. The number of fused-ring (bicyclic) bond motifs is 1. The summed E-state index contributed by atoms with van der Waals surface area (Å²) in [5.41, 5.74) is 4.70. The van der Waals surface area contributed by atoms with Gasteiger partial charge in [0.2, 0.25) is 0 Å². The van der Waals surface area contributed by atoms with Crippen LogP contribution in [-0.4, -0.2) is 12.2 Å². The summed E-state index contributed by atoms with van der Waals surface area (Å²) >= 11 is 1.71. The number of hydrogen-bond donors (Lipinski definition) is 1. The Kier molecular flexibility index (Phi) is 4.43. The van der Waals surface area contributed by atoms with Gasteiger partial charge in [0.25, 0.3) is 5.91 Å². The van der Waals surface area contributed by atoms with Crippen LogP contribution < -0.4 is 10.2 Å². The smallest absolute Gasteiger partial charge is 0.262 e. The molecule has 0 fully saturated rings. The quantitative estimate of drug-likeness (QED) is 0.627. The lowest BCUT2D eigenvalue weighted by atomic mass is 10.0. The average molecular weight is 360 g/mol. The van der Waals surface area contributed by atoms with Gasteiger partial charge in [-0.3, -0.25) is 9.69 Å². The third-order valence-electron chi connectivity index (χ3n) is 4.67. The van der Waals surface area contributed by atoms with Crippen LogP contribution in [0.3, 0.4) is 0 Å². The lowest BCUT2D eigenvalue weighted by Crippen LogP contribution is -2.43. The minimum Gasteiger partial charge on any atom is -0.360 e. The summed E-state index contributed by atoms with van der Waals surface area (Å²) in [7, 11) is 0. The van der Waals surface area contributed by atoms with Crippen molar-refractivity contribution in [1.29, 1.82) is 0 Å². The van der Waals surface area contributed by atoms with E-state index in [-0.39, 0.29) is 12.1 Å². The SMILES string of the molecule is CSc1ccc(C2Nc3ccccc3C(=O)N2c2ccc(C)cc2)cc1. The maximum atomic E-state index is 13.3. The highest BCUT2D eigenvalue weighted by Gasteiger charge is 2.33. The second-order valence-electron chi connectivity index (χ2n) is 6.38. The lowest BCUT2D eigenvalue weighted by molar-refractivity contribution is 0.0975. The van der Waals surface area contributed by atoms with Crippen LogP contribution >= 0.6 is 11.8 Å². The first-order chi connectivity index (χ1) is 12.7. The second kappa shape index (κ2) is 6.89. The first kappa shape index (κ1) is 16.7. The predicted octanol–water partition coefficient (Wildman–Crippen LogP) is 5.49. The van der Waals surface area contributed by atoms with E-state index in [1.54, 1.807) is 11.8 Å². The molecule has 1 aliphatic rings. The van der Waals surface area contributed by atoms with E-state index in [9.17, 15) is 4.79 Å². The summed E-state index contributed by atoms with van der Waals surface area (Å²) in [5, 5.41) is 3.54.